The van der Waals surface area contributed by atoms with Gasteiger partial charge in [0.15, 0.2) is 5.65 Å². The van der Waals surface area contributed by atoms with Gasteiger partial charge in [0.05, 0.1) is 5.52 Å². The molecule has 7 heteroatoms. The van der Waals surface area contributed by atoms with Crippen LogP contribution in [0.4, 0.5) is 0 Å². The van der Waals surface area contributed by atoms with Gasteiger partial charge in [-0.3, -0.25) is 4.79 Å². The van der Waals surface area contributed by atoms with Gasteiger partial charge in [0.1, 0.15) is 0 Å². The van der Waals surface area contributed by atoms with Crippen molar-refractivity contribution in [2.45, 2.75) is 33.1 Å². The molecule has 0 radical (unpaired) electrons. The Balaban J connectivity index is 0.00000210. The van der Waals surface area contributed by atoms with Crippen LogP contribution in [0.3, 0.4) is 0 Å². The SMILES string of the molecule is Cc1nc2c3ccccc3nn2c(C)c1CCC(=O)N1CCC(CN)C1.Cl. The lowest BCUT2D eigenvalue weighted by Crippen LogP contribution is -2.30. The lowest BCUT2D eigenvalue weighted by Gasteiger charge is -2.17. The molecule has 1 aromatic carbocycles. The van der Waals surface area contributed by atoms with Gasteiger partial charge >= 0.3 is 0 Å². The van der Waals surface area contributed by atoms with Crippen molar-refractivity contribution in [1.29, 1.82) is 0 Å². The average Bonchev–Trinajstić information content (AvgIpc) is 3.26. The predicted octanol–water partition coefficient (Wildman–Crippen LogP) is 2.66. The van der Waals surface area contributed by atoms with Crippen molar-refractivity contribution in [3.8, 4) is 0 Å². The Hall–Kier alpha value is -2.18. The summed E-state index contributed by atoms with van der Waals surface area (Å²) in [4.78, 5) is 19.3. The third kappa shape index (κ3) is 3.51. The van der Waals surface area contributed by atoms with Crippen LogP contribution in [0.25, 0.3) is 16.6 Å². The molecule has 1 amide bonds. The van der Waals surface area contributed by atoms with Crippen molar-refractivity contribution < 1.29 is 4.79 Å². The number of hydrogen-bond donors (Lipinski definition) is 1. The molecule has 0 bridgehead atoms. The quantitative estimate of drug-likeness (QED) is 0.746. The van der Waals surface area contributed by atoms with E-state index in [1.807, 2.05) is 40.6 Å². The molecular weight excluding hydrogens is 362 g/mol. The summed E-state index contributed by atoms with van der Waals surface area (Å²) in [6.07, 6.45) is 2.22. The number of hydrogen-bond acceptors (Lipinski definition) is 4. The Morgan fingerprint density at radius 3 is 2.81 bits per heavy atom. The molecule has 0 aliphatic carbocycles. The fraction of sp³-hybridized carbons (Fsp3) is 0.450. The minimum absolute atomic E-state index is 0. The first-order valence-corrected chi connectivity index (χ1v) is 9.30. The smallest absolute Gasteiger partial charge is 0.222 e. The van der Waals surface area contributed by atoms with E-state index in [9.17, 15) is 4.79 Å². The zero-order chi connectivity index (χ0) is 18.3. The van der Waals surface area contributed by atoms with E-state index in [0.29, 0.717) is 25.3 Å². The van der Waals surface area contributed by atoms with E-state index < -0.39 is 0 Å². The van der Waals surface area contributed by atoms with Crippen LogP contribution in [0.15, 0.2) is 24.3 Å². The molecule has 1 saturated heterocycles. The predicted molar refractivity (Wildman–Crippen MR) is 109 cm³/mol. The van der Waals surface area contributed by atoms with Gasteiger partial charge < -0.3 is 10.6 Å². The van der Waals surface area contributed by atoms with Crippen molar-refractivity contribution in [2.75, 3.05) is 19.6 Å². The van der Waals surface area contributed by atoms with Crippen molar-refractivity contribution >= 4 is 34.9 Å². The van der Waals surface area contributed by atoms with E-state index in [1.165, 1.54) is 0 Å². The summed E-state index contributed by atoms with van der Waals surface area (Å²) in [6, 6.07) is 8.05. The lowest BCUT2D eigenvalue weighted by atomic mass is 10.1. The zero-order valence-corrected chi connectivity index (χ0v) is 16.6. The van der Waals surface area contributed by atoms with Crippen LogP contribution in [0.1, 0.15) is 29.8 Å². The van der Waals surface area contributed by atoms with Gasteiger partial charge in [-0.25, -0.2) is 9.50 Å². The van der Waals surface area contributed by atoms with Gasteiger partial charge in [0.2, 0.25) is 5.91 Å². The summed E-state index contributed by atoms with van der Waals surface area (Å²) in [5.74, 6) is 0.669. The summed E-state index contributed by atoms with van der Waals surface area (Å²) in [6.45, 7) is 6.38. The number of fused-ring (bicyclic) bond motifs is 3. The monoisotopic (exact) mass is 387 g/mol. The molecule has 0 spiro atoms. The van der Waals surface area contributed by atoms with Crippen LogP contribution < -0.4 is 5.73 Å². The van der Waals surface area contributed by atoms with E-state index in [-0.39, 0.29) is 18.3 Å². The molecule has 2 aromatic heterocycles. The second-order valence-corrected chi connectivity index (χ2v) is 7.24. The number of aromatic nitrogens is 3. The maximum absolute atomic E-state index is 12.5. The zero-order valence-electron chi connectivity index (χ0n) is 15.8. The first kappa shape index (κ1) is 19.6. The molecule has 6 nitrogen and oxygen atoms in total. The molecule has 1 aliphatic rings. The average molecular weight is 388 g/mol. The van der Waals surface area contributed by atoms with Gasteiger partial charge in [0, 0.05) is 36.3 Å². The molecular formula is C20H26ClN5O. The topological polar surface area (TPSA) is 76.5 Å². The third-order valence-corrected chi connectivity index (χ3v) is 5.58. The number of carbonyl (C=O) groups is 1. The summed E-state index contributed by atoms with van der Waals surface area (Å²) in [5, 5.41) is 5.75. The first-order valence-electron chi connectivity index (χ1n) is 9.30. The fourth-order valence-electron chi connectivity index (χ4n) is 3.98. The second-order valence-electron chi connectivity index (χ2n) is 7.24. The molecule has 144 valence electrons. The van der Waals surface area contributed by atoms with Crippen LogP contribution in [0, 0.1) is 19.8 Å². The van der Waals surface area contributed by atoms with Crippen molar-refractivity contribution in [3.05, 3.63) is 41.2 Å². The van der Waals surface area contributed by atoms with Gasteiger partial charge in [-0.15, -0.1) is 12.4 Å². The van der Waals surface area contributed by atoms with Gasteiger partial charge in [0.25, 0.3) is 0 Å². The van der Waals surface area contributed by atoms with Crippen molar-refractivity contribution in [2.24, 2.45) is 11.7 Å². The molecule has 1 fully saturated rings. The Bertz CT molecular complexity index is 983. The number of halogens is 1. The van der Waals surface area contributed by atoms with Gasteiger partial charge in [-0.1, -0.05) is 12.1 Å². The summed E-state index contributed by atoms with van der Waals surface area (Å²) in [5.41, 5.74) is 10.7. The number of nitrogens with two attached hydrogens (primary N) is 1. The summed E-state index contributed by atoms with van der Waals surface area (Å²) < 4.78 is 1.91. The van der Waals surface area contributed by atoms with Crippen molar-refractivity contribution in [1.82, 2.24) is 19.5 Å². The Morgan fingerprint density at radius 1 is 1.30 bits per heavy atom. The van der Waals surface area contributed by atoms with E-state index in [2.05, 4.69) is 12.0 Å². The normalized spacial score (nSPS) is 16.9. The highest BCUT2D eigenvalue weighted by Gasteiger charge is 2.25. The van der Waals surface area contributed by atoms with Crippen LogP contribution in [-0.2, 0) is 11.2 Å². The number of rotatable bonds is 4. The first-order chi connectivity index (χ1) is 12.6. The van der Waals surface area contributed by atoms with Gasteiger partial charge in [-0.2, -0.15) is 5.10 Å². The fourth-order valence-corrected chi connectivity index (χ4v) is 3.98. The largest absolute Gasteiger partial charge is 0.342 e. The molecule has 1 atom stereocenters. The van der Waals surface area contributed by atoms with Crippen LogP contribution in [-0.4, -0.2) is 45.0 Å². The van der Waals surface area contributed by atoms with E-state index in [0.717, 1.165) is 53.0 Å². The number of amides is 1. The summed E-state index contributed by atoms with van der Waals surface area (Å²) >= 11 is 0. The van der Waals surface area contributed by atoms with Crippen LogP contribution in [0.2, 0.25) is 0 Å². The lowest BCUT2D eigenvalue weighted by molar-refractivity contribution is -0.130. The Labute approximate surface area is 165 Å². The molecule has 3 heterocycles. The highest BCUT2D eigenvalue weighted by molar-refractivity contribution is 5.92. The summed E-state index contributed by atoms with van der Waals surface area (Å²) in [7, 11) is 0. The van der Waals surface area contributed by atoms with Crippen LogP contribution >= 0.6 is 12.4 Å². The van der Waals surface area contributed by atoms with E-state index >= 15 is 0 Å². The number of carbonyl (C=O) groups excluding carboxylic acids is 1. The number of likely N-dealkylation sites (tertiary alicyclic amines) is 1. The second kappa shape index (κ2) is 7.82. The Morgan fingerprint density at radius 2 is 2.07 bits per heavy atom. The number of benzene rings is 1. The van der Waals surface area contributed by atoms with Crippen LogP contribution in [0.5, 0.6) is 0 Å². The molecule has 1 aliphatic heterocycles. The molecule has 27 heavy (non-hydrogen) atoms. The highest BCUT2D eigenvalue weighted by atomic mass is 35.5. The maximum Gasteiger partial charge on any atom is 0.222 e. The molecule has 0 saturated carbocycles. The van der Waals surface area contributed by atoms with Gasteiger partial charge in [-0.05, 0) is 56.8 Å². The Kier molecular flexibility index (Phi) is 5.67. The minimum Gasteiger partial charge on any atom is -0.342 e. The molecule has 2 N–H and O–H groups in total. The van der Waals surface area contributed by atoms with Crippen molar-refractivity contribution in [3.63, 3.8) is 0 Å². The maximum atomic E-state index is 12.5. The minimum atomic E-state index is 0. The standard InChI is InChI=1S/C20H25N5O.ClH/c1-13-16(7-8-19(26)24-10-9-15(11-21)12-24)14(2)25-20(22-13)17-5-3-4-6-18(17)23-25;/h3-6,15H,7-12,21H2,1-2H3;1H. The molecule has 1 unspecified atom stereocenters. The highest BCUT2D eigenvalue weighted by Crippen LogP contribution is 2.23. The molecule has 3 aromatic rings. The van der Waals surface area contributed by atoms with E-state index in [1.54, 1.807) is 0 Å². The number of nitrogens with zero attached hydrogens (tertiary/aromatic N) is 4. The number of aryl methyl sites for hydroxylation is 2. The van der Waals surface area contributed by atoms with E-state index in [4.69, 9.17) is 10.7 Å². The third-order valence-electron chi connectivity index (χ3n) is 5.58. The molecule has 4 rings (SSSR count).